The van der Waals surface area contributed by atoms with Crippen LogP contribution in [0.2, 0.25) is 0 Å². The van der Waals surface area contributed by atoms with Gasteiger partial charge in [0.1, 0.15) is 6.42 Å². The third kappa shape index (κ3) is 2.23. The van der Waals surface area contributed by atoms with Crippen LogP contribution < -0.4 is 0 Å². The largest absolute Gasteiger partial charge is 0.481 e. The first-order valence-electron chi connectivity index (χ1n) is 6.14. The predicted octanol–water partition coefficient (Wildman–Crippen LogP) is 1.73. The molecular formula is C14H12N4O2. The molecular weight excluding hydrogens is 256 g/mol. The molecule has 0 saturated heterocycles. The highest BCUT2D eigenvalue weighted by Crippen LogP contribution is 2.20. The average molecular weight is 268 g/mol. The molecule has 20 heavy (non-hydrogen) atoms. The number of aromatic nitrogens is 4. The van der Waals surface area contributed by atoms with Crippen LogP contribution in [0.4, 0.5) is 0 Å². The van der Waals surface area contributed by atoms with Crippen molar-refractivity contribution in [3.8, 4) is 11.3 Å². The van der Waals surface area contributed by atoms with Crippen LogP contribution in [0.15, 0.2) is 36.4 Å². The molecule has 6 heteroatoms. The van der Waals surface area contributed by atoms with E-state index in [1.54, 1.807) is 4.52 Å². The van der Waals surface area contributed by atoms with Crippen molar-refractivity contribution >= 4 is 11.7 Å². The number of carboxylic acid groups (broad SMARTS) is 1. The Kier molecular flexibility index (Phi) is 2.90. The van der Waals surface area contributed by atoms with Gasteiger partial charge in [-0.1, -0.05) is 30.3 Å². The van der Waals surface area contributed by atoms with Crippen LogP contribution in [-0.4, -0.2) is 30.7 Å². The van der Waals surface area contributed by atoms with E-state index >= 15 is 0 Å². The maximum absolute atomic E-state index is 10.8. The molecule has 0 aliphatic heterocycles. The monoisotopic (exact) mass is 268 g/mol. The molecule has 0 unspecified atom stereocenters. The van der Waals surface area contributed by atoms with Gasteiger partial charge in [0, 0.05) is 11.3 Å². The van der Waals surface area contributed by atoms with Crippen molar-refractivity contribution < 1.29 is 9.90 Å². The van der Waals surface area contributed by atoms with Gasteiger partial charge < -0.3 is 5.11 Å². The van der Waals surface area contributed by atoms with Crippen molar-refractivity contribution in [2.75, 3.05) is 0 Å². The minimum absolute atomic E-state index is 0.212. The Balaban J connectivity index is 2.21. The van der Waals surface area contributed by atoms with E-state index in [4.69, 9.17) is 5.11 Å². The van der Waals surface area contributed by atoms with E-state index in [1.165, 1.54) is 0 Å². The summed E-state index contributed by atoms with van der Waals surface area (Å²) in [6, 6.07) is 11.6. The predicted molar refractivity (Wildman–Crippen MR) is 72.3 cm³/mol. The van der Waals surface area contributed by atoms with E-state index in [9.17, 15) is 4.79 Å². The number of rotatable bonds is 3. The van der Waals surface area contributed by atoms with Crippen molar-refractivity contribution in [2.24, 2.45) is 0 Å². The second kappa shape index (κ2) is 4.73. The molecule has 0 fully saturated rings. The lowest BCUT2D eigenvalue weighted by Crippen LogP contribution is -2.02. The Morgan fingerprint density at radius 3 is 2.70 bits per heavy atom. The van der Waals surface area contributed by atoms with E-state index in [-0.39, 0.29) is 12.2 Å². The molecule has 3 aromatic rings. The summed E-state index contributed by atoms with van der Waals surface area (Å²) in [6.45, 7) is 1.87. The molecule has 0 saturated carbocycles. The third-order valence-electron chi connectivity index (χ3n) is 2.86. The van der Waals surface area contributed by atoms with Crippen LogP contribution >= 0.6 is 0 Å². The molecule has 2 heterocycles. The molecule has 3 rings (SSSR count). The number of aliphatic carboxylic acids is 1. The summed E-state index contributed by atoms with van der Waals surface area (Å²) in [7, 11) is 0. The van der Waals surface area contributed by atoms with Crippen molar-refractivity contribution in [2.45, 2.75) is 13.3 Å². The zero-order valence-corrected chi connectivity index (χ0v) is 10.8. The maximum atomic E-state index is 10.8. The summed E-state index contributed by atoms with van der Waals surface area (Å²) < 4.78 is 1.58. The average Bonchev–Trinajstić information content (AvgIpc) is 2.79. The Morgan fingerprint density at radius 1 is 1.25 bits per heavy atom. The van der Waals surface area contributed by atoms with Crippen LogP contribution in [0.5, 0.6) is 0 Å². The van der Waals surface area contributed by atoms with E-state index < -0.39 is 5.97 Å². The van der Waals surface area contributed by atoms with Crippen LogP contribution in [0.25, 0.3) is 17.0 Å². The molecule has 0 aliphatic rings. The topological polar surface area (TPSA) is 80.4 Å². The highest BCUT2D eigenvalue weighted by molar-refractivity contribution is 5.69. The number of carboxylic acids is 1. The maximum Gasteiger partial charge on any atom is 0.311 e. The molecule has 0 spiro atoms. The molecule has 2 aromatic heterocycles. The van der Waals surface area contributed by atoms with Crippen molar-refractivity contribution in [3.63, 3.8) is 0 Å². The van der Waals surface area contributed by atoms with Crippen LogP contribution in [-0.2, 0) is 11.2 Å². The molecule has 0 aliphatic carbocycles. The lowest BCUT2D eigenvalue weighted by Gasteiger charge is -2.04. The molecule has 0 atom stereocenters. The summed E-state index contributed by atoms with van der Waals surface area (Å²) >= 11 is 0. The molecule has 100 valence electrons. The fourth-order valence-corrected chi connectivity index (χ4v) is 2.05. The van der Waals surface area contributed by atoms with E-state index in [1.807, 2.05) is 43.3 Å². The smallest absolute Gasteiger partial charge is 0.311 e. The van der Waals surface area contributed by atoms with Crippen molar-refractivity contribution in [3.05, 3.63) is 47.9 Å². The Morgan fingerprint density at radius 2 is 2.00 bits per heavy atom. The Bertz CT molecular complexity index is 780. The quantitative estimate of drug-likeness (QED) is 0.782. The first-order valence-corrected chi connectivity index (χ1v) is 6.14. The number of fused-ring (bicyclic) bond motifs is 1. The number of aryl methyl sites for hydroxylation is 1. The molecule has 0 radical (unpaired) electrons. The fourth-order valence-electron chi connectivity index (χ4n) is 2.05. The number of hydrogen-bond donors (Lipinski definition) is 1. The number of carbonyl (C=O) groups is 1. The van der Waals surface area contributed by atoms with Gasteiger partial charge in [-0.15, -0.1) is 5.10 Å². The second-order valence-electron chi connectivity index (χ2n) is 4.46. The summed E-state index contributed by atoms with van der Waals surface area (Å²) in [5.74, 6) is -0.285. The van der Waals surface area contributed by atoms with Gasteiger partial charge in [0.15, 0.2) is 5.82 Å². The highest BCUT2D eigenvalue weighted by Gasteiger charge is 2.13. The molecule has 0 amide bonds. The molecule has 6 nitrogen and oxygen atoms in total. The Hall–Kier alpha value is -2.76. The number of hydrogen-bond acceptors (Lipinski definition) is 4. The first kappa shape index (κ1) is 12.3. The fraction of sp³-hybridized carbons (Fsp3) is 0.143. The van der Waals surface area contributed by atoms with E-state index in [2.05, 4.69) is 15.1 Å². The minimum atomic E-state index is -0.959. The highest BCUT2D eigenvalue weighted by atomic mass is 16.4. The SMILES string of the molecule is Cc1cc(-c2ccccc2)n2nc(CC(=O)O)nc2n1. The van der Waals surface area contributed by atoms with E-state index in [0.717, 1.165) is 17.0 Å². The van der Waals surface area contributed by atoms with Crippen LogP contribution in [0, 0.1) is 6.92 Å². The number of benzene rings is 1. The lowest BCUT2D eigenvalue weighted by atomic mass is 10.1. The van der Waals surface area contributed by atoms with Gasteiger partial charge in [-0.2, -0.15) is 9.50 Å². The second-order valence-corrected chi connectivity index (χ2v) is 4.46. The van der Waals surface area contributed by atoms with Gasteiger partial charge in [-0.3, -0.25) is 4.79 Å². The summed E-state index contributed by atoms with van der Waals surface area (Å²) in [4.78, 5) is 19.2. The molecule has 1 N–H and O–H groups in total. The standard InChI is InChI=1S/C14H12N4O2/c1-9-7-11(10-5-3-2-4-6-10)18-14(15-9)16-12(17-18)8-13(19)20/h2-7H,8H2,1H3,(H,19,20). The zero-order valence-electron chi connectivity index (χ0n) is 10.8. The molecule has 0 bridgehead atoms. The molecule has 1 aromatic carbocycles. The van der Waals surface area contributed by atoms with Gasteiger partial charge in [0.05, 0.1) is 5.69 Å². The van der Waals surface area contributed by atoms with Gasteiger partial charge in [0.25, 0.3) is 5.78 Å². The van der Waals surface area contributed by atoms with Gasteiger partial charge in [0.2, 0.25) is 0 Å². The number of nitrogens with zero attached hydrogens (tertiary/aromatic N) is 4. The minimum Gasteiger partial charge on any atom is -0.481 e. The Labute approximate surface area is 114 Å². The first-order chi connectivity index (χ1) is 9.63. The van der Waals surface area contributed by atoms with E-state index in [0.29, 0.717) is 5.78 Å². The van der Waals surface area contributed by atoms with Gasteiger partial charge >= 0.3 is 5.97 Å². The zero-order chi connectivity index (χ0) is 14.1. The van der Waals surface area contributed by atoms with Gasteiger partial charge in [-0.25, -0.2) is 4.98 Å². The summed E-state index contributed by atoms with van der Waals surface area (Å²) in [6.07, 6.45) is -0.212. The van der Waals surface area contributed by atoms with Crippen molar-refractivity contribution in [1.29, 1.82) is 0 Å². The summed E-state index contributed by atoms with van der Waals surface area (Å²) in [5.41, 5.74) is 2.64. The van der Waals surface area contributed by atoms with Crippen LogP contribution in [0.3, 0.4) is 0 Å². The van der Waals surface area contributed by atoms with Gasteiger partial charge in [-0.05, 0) is 13.0 Å². The van der Waals surface area contributed by atoms with Crippen LogP contribution in [0.1, 0.15) is 11.5 Å². The third-order valence-corrected chi connectivity index (χ3v) is 2.86. The summed E-state index contributed by atoms with van der Waals surface area (Å²) in [5, 5.41) is 13.1. The normalized spacial score (nSPS) is 10.8. The van der Waals surface area contributed by atoms with Crippen molar-refractivity contribution in [1.82, 2.24) is 19.6 Å². The lowest BCUT2D eigenvalue weighted by molar-refractivity contribution is -0.136.